The molecule has 1 atom stereocenters. The van der Waals surface area contributed by atoms with Gasteiger partial charge in [0.05, 0.1) is 0 Å². The van der Waals surface area contributed by atoms with Gasteiger partial charge in [-0.15, -0.1) is 0 Å². The number of nitrogens with zero attached hydrogens (tertiary/aromatic N) is 1. The largest absolute Gasteiger partial charge is 0.303 e. The maximum absolute atomic E-state index is 2.64. The molecule has 1 fully saturated rings. The number of hydrogen-bond acceptors (Lipinski definition) is 1. The summed E-state index contributed by atoms with van der Waals surface area (Å²) in [5.41, 5.74) is 0.608. The van der Waals surface area contributed by atoms with E-state index >= 15 is 0 Å². The van der Waals surface area contributed by atoms with Crippen molar-refractivity contribution in [2.24, 2.45) is 5.41 Å². The Labute approximate surface area is 89.9 Å². The van der Waals surface area contributed by atoms with Gasteiger partial charge in [-0.2, -0.15) is 0 Å². The first-order valence-electron chi connectivity index (χ1n) is 6.42. The first kappa shape index (κ1) is 12.0. The van der Waals surface area contributed by atoms with Crippen molar-refractivity contribution >= 4 is 0 Å². The van der Waals surface area contributed by atoms with E-state index in [0.717, 1.165) is 0 Å². The topological polar surface area (TPSA) is 3.24 Å². The molecule has 0 aromatic heterocycles. The van der Waals surface area contributed by atoms with Crippen LogP contribution in [-0.4, -0.2) is 24.5 Å². The van der Waals surface area contributed by atoms with Gasteiger partial charge in [0.25, 0.3) is 0 Å². The van der Waals surface area contributed by atoms with Gasteiger partial charge in [0.1, 0.15) is 0 Å². The maximum Gasteiger partial charge on any atom is -0.00135 e. The van der Waals surface area contributed by atoms with Crippen LogP contribution in [-0.2, 0) is 0 Å². The lowest BCUT2D eigenvalue weighted by atomic mass is 9.80. The third-order valence-corrected chi connectivity index (χ3v) is 3.94. The summed E-state index contributed by atoms with van der Waals surface area (Å²) in [6.07, 6.45) is 8.33. The van der Waals surface area contributed by atoms with Crippen LogP contribution in [0.3, 0.4) is 0 Å². The minimum atomic E-state index is 0.608. The number of likely N-dealkylation sites (tertiary alicyclic amines) is 1. The van der Waals surface area contributed by atoms with E-state index in [1.807, 2.05) is 0 Å². The van der Waals surface area contributed by atoms with Gasteiger partial charge in [0.2, 0.25) is 0 Å². The van der Waals surface area contributed by atoms with Crippen LogP contribution in [0.5, 0.6) is 0 Å². The quantitative estimate of drug-likeness (QED) is 0.628. The minimum absolute atomic E-state index is 0.608. The van der Waals surface area contributed by atoms with Gasteiger partial charge >= 0.3 is 0 Å². The van der Waals surface area contributed by atoms with Crippen LogP contribution >= 0.6 is 0 Å². The van der Waals surface area contributed by atoms with Crippen molar-refractivity contribution in [3.05, 3.63) is 0 Å². The molecule has 1 heterocycles. The van der Waals surface area contributed by atoms with Gasteiger partial charge in [-0.25, -0.2) is 0 Å². The Bertz CT molecular complexity index is 149. The smallest absolute Gasteiger partial charge is 0.00135 e. The third-order valence-electron chi connectivity index (χ3n) is 3.94. The van der Waals surface area contributed by atoms with E-state index in [4.69, 9.17) is 0 Å². The van der Waals surface area contributed by atoms with E-state index in [0.29, 0.717) is 5.41 Å². The zero-order valence-corrected chi connectivity index (χ0v) is 10.3. The lowest BCUT2D eigenvalue weighted by Crippen LogP contribution is -2.26. The van der Waals surface area contributed by atoms with Crippen molar-refractivity contribution in [1.29, 1.82) is 0 Å². The zero-order chi connectivity index (χ0) is 10.4. The van der Waals surface area contributed by atoms with Gasteiger partial charge in [0.15, 0.2) is 0 Å². The van der Waals surface area contributed by atoms with Crippen molar-refractivity contribution in [1.82, 2.24) is 4.90 Å². The minimum Gasteiger partial charge on any atom is -0.303 e. The molecule has 1 saturated heterocycles. The zero-order valence-electron chi connectivity index (χ0n) is 10.3. The Morgan fingerprint density at radius 1 is 1.07 bits per heavy atom. The van der Waals surface area contributed by atoms with Crippen molar-refractivity contribution in [3.8, 4) is 0 Å². The summed E-state index contributed by atoms with van der Waals surface area (Å²) in [4.78, 5) is 2.64. The third kappa shape index (κ3) is 3.61. The first-order chi connectivity index (χ1) is 6.70. The SMILES string of the molecule is CCCC(C)(CC)CCN1CCCC1. The molecule has 0 aromatic rings. The predicted octanol–water partition coefficient (Wildman–Crippen LogP) is 3.69. The number of hydrogen-bond donors (Lipinski definition) is 0. The highest BCUT2D eigenvalue weighted by Crippen LogP contribution is 2.31. The first-order valence-corrected chi connectivity index (χ1v) is 6.42. The highest BCUT2D eigenvalue weighted by Gasteiger charge is 2.22. The fourth-order valence-corrected chi connectivity index (χ4v) is 2.52. The van der Waals surface area contributed by atoms with E-state index < -0.39 is 0 Å². The molecule has 0 bridgehead atoms. The Hall–Kier alpha value is -0.0400. The van der Waals surface area contributed by atoms with Crippen molar-refractivity contribution in [3.63, 3.8) is 0 Å². The average Bonchev–Trinajstić information content (AvgIpc) is 2.68. The highest BCUT2D eigenvalue weighted by molar-refractivity contribution is 4.75. The molecule has 14 heavy (non-hydrogen) atoms. The molecule has 0 aliphatic carbocycles. The molecule has 1 aliphatic heterocycles. The summed E-state index contributed by atoms with van der Waals surface area (Å²) in [6.45, 7) is 11.2. The van der Waals surface area contributed by atoms with Crippen LogP contribution < -0.4 is 0 Å². The van der Waals surface area contributed by atoms with Crippen LogP contribution in [0.2, 0.25) is 0 Å². The molecule has 84 valence electrons. The lowest BCUT2D eigenvalue weighted by molar-refractivity contribution is 0.208. The summed E-state index contributed by atoms with van der Waals surface area (Å²) in [5.74, 6) is 0. The Kier molecular flexibility index (Phi) is 4.94. The van der Waals surface area contributed by atoms with E-state index in [1.54, 1.807) is 0 Å². The van der Waals surface area contributed by atoms with Crippen molar-refractivity contribution in [2.75, 3.05) is 19.6 Å². The fraction of sp³-hybridized carbons (Fsp3) is 1.00. The molecule has 1 unspecified atom stereocenters. The average molecular weight is 197 g/mol. The molecule has 1 aliphatic rings. The normalized spacial score (nSPS) is 22.5. The monoisotopic (exact) mass is 197 g/mol. The van der Waals surface area contributed by atoms with Crippen LogP contribution in [0, 0.1) is 5.41 Å². The highest BCUT2D eigenvalue weighted by atomic mass is 15.1. The molecule has 0 spiro atoms. The molecular formula is C13H27N. The second-order valence-corrected chi connectivity index (χ2v) is 5.21. The Morgan fingerprint density at radius 3 is 2.21 bits per heavy atom. The summed E-state index contributed by atoms with van der Waals surface area (Å²) >= 11 is 0. The Morgan fingerprint density at radius 2 is 1.71 bits per heavy atom. The van der Waals surface area contributed by atoms with Crippen LogP contribution in [0.4, 0.5) is 0 Å². The molecule has 0 saturated carbocycles. The second kappa shape index (κ2) is 5.75. The molecule has 0 aromatic carbocycles. The molecule has 1 heteroatoms. The predicted molar refractivity (Wildman–Crippen MR) is 63.6 cm³/mol. The summed E-state index contributed by atoms with van der Waals surface area (Å²) in [6, 6.07) is 0. The summed E-state index contributed by atoms with van der Waals surface area (Å²) < 4.78 is 0. The molecule has 0 radical (unpaired) electrons. The van der Waals surface area contributed by atoms with Crippen LogP contribution in [0.1, 0.15) is 59.3 Å². The molecule has 1 rings (SSSR count). The van der Waals surface area contributed by atoms with E-state index in [9.17, 15) is 0 Å². The second-order valence-electron chi connectivity index (χ2n) is 5.21. The van der Waals surface area contributed by atoms with Crippen LogP contribution in [0.25, 0.3) is 0 Å². The van der Waals surface area contributed by atoms with Crippen LogP contribution in [0.15, 0.2) is 0 Å². The van der Waals surface area contributed by atoms with E-state index in [2.05, 4.69) is 25.7 Å². The van der Waals surface area contributed by atoms with Crippen molar-refractivity contribution < 1.29 is 0 Å². The molecule has 0 amide bonds. The Balaban J connectivity index is 2.25. The van der Waals surface area contributed by atoms with E-state index in [-0.39, 0.29) is 0 Å². The summed E-state index contributed by atoms with van der Waals surface area (Å²) in [7, 11) is 0. The van der Waals surface area contributed by atoms with Gasteiger partial charge in [-0.3, -0.25) is 0 Å². The molecular weight excluding hydrogens is 170 g/mol. The number of rotatable bonds is 6. The summed E-state index contributed by atoms with van der Waals surface area (Å²) in [5, 5.41) is 0. The van der Waals surface area contributed by atoms with Gasteiger partial charge in [0, 0.05) is 0 Å². The fourth-order valence-electron chi connectivity index (χ4n) is 2.52. The molecule has 1 nitrogen and oxygen atoms in total. The molecule has 0 N–H and O–H groups in total. The van der Waals surface area contributed by atoms with Crippen molar-refractivity contribution in [2.45, 2.75) is 59.3 Å². The van der Waals surface area contributed by atoms with Gasteiger partial charge in [-0.05, 0) is 50.7 Å². The van der Waals surface area contributed by atoms with E-state index in [1.165, 1.54) is 58.2 Å². The van der Waals surface area contributed by atoms with Gasteiger partial charge in [-0.1, -0.05) is 33.6 Å². The maximum atomic E-state index is 2.64. The lowest BCUT2D eigenvalue weighted by Gasteiger charge is -2.30. The standard InChI is InChI=1S/C13H27N/c1-4-8-13(3,5-2)9-12-14-10-6-7-11-14/h4-12H2,1-3H3. The van der Waals surface area contributed by atoms with Gasteiger partial charge < -0.3 is 4.90 Å².